The molecule has 1 amide bonds. The van der Waals surface area contributed by atoms with Gasteiger partial charge in [-0.05, 0) is 37.5 Å². The third-order valence-corrected chi connectivity index (χ3v) is 5.62. The van der Waals surface area contributed by atoms with Gasteiger partial charge in [-0.1, -0.05) is 12.1 Å². The number of ether oxygens (including phenoxy) is 1. The molecule has 1 saturated heterocycles. The lowest BCUT2D eigenvalue weighted by molar-refractivity contribution is -0.122. The van der Waals surface area contributed by atoms with Gasteiger partial charge in [0.05, 0.1) is 24.2 Å². The highest BCUT2D eigenvalue weighted by Crippen LogP contribution is 2.23. The van der Waals surface area contributed by atoms with Crippen LogP contribution in [0.3, 0.4) is 0 Å². The van der Waals surface area contributed by atoms with Crippen molar-refractivity contribution in [2.45, 2.75) is 31.7 Å². The van der Waals surface area contributed by atoms with Crippen LogP contribution in [0, 0.1) is 0 Å². The van der Waals surface area contributed by atoms with Crippen LogP contribution in [-0.4, -0.2) is 38.5 Å². The molecule has 0 saturated carbocycles. The monoisotopic (exact) mass is 311 g/mol. The van der Waals surface area contributed by atoms with E-state index in [2.05, 4.69) is 5.32 Å². The van der Waals surface area contributed by atoms with Crippen molar-refractivity contribution in [3.8, 4) is 5.75 Å². The van der Waals surface area contributed by atoms with Crippen LogP contribution < -0.4 is 10.1 Å². The molecule has 0 aromatic heterocycles. The summed E-state index contributed by atoms with van der Waals surface area (Å²) in [5.41, 5.74) is 0.401. The number of aryl methyl sites for hydroxylation is 1. The van der Waals surface area contributed by atoms with Gasteiger partial charge in [0.15, 0.2) is 9.84 Å². The molecular formula is C15H21NO4S. The lowest BCUT2D eigenvalue weighted by Crippen LogP contribution is -2.47. The maximum Gasteiger partial charge on any atom is 0.220 e. The number of carbonyl (C=O) groups is 1. The van der Waals surface area contributed by atoms with E-state index in [0.717, 1.165) is 11.3 Å². The summed E-state index contributed by atoms with van der Waals surface area (Å²) in [6, 6.07) is 7.58. The van der Waals surface area contributed by atoms with E-state index in [-0.39, 0.29) is 17.4 Å². The number of rotatable bonds is 5. The van der Waals surface area contributed by atoms with E-state index in [1.807, 2.05) is 24.3 Å². The number of sulfone groups is 1. The Labute approximate surface area is 125 Å². The molecule has 0 bridgehead atoms. The summed E-state index contributed by atoms with van der Waals surface area (Å²) in [5.74, 6) is 0.837. The molecule has 1 atom stereocenters. The summed E-state index contributed by atoms with van der Waals surface area (Å²) in [7, 11) is -1.40. The highest BCUT2D eigenvalue weighted by atomic mass is 32.2. The maximum absolute atomic E-state index is 12.0. The van der Waals surface area contributed by atoms with E-state index in [0.29, 0.717) is 19.3 Å². The van der Waals surface area contributed by atoms with Crippen molar-refractivity contribution in [2.24, 2.45) is 0 Å². The molecule has 116 valence electrons. The van der Waals surface area contributed by atoms with Gasteiger partial charge < -0.3 is 10.1 Å². The second kappa shape index (κ2) is 6.05. The molecule has 0 aliphatic carbocycles. The Balaban J connectivity index is 1.88. The zero-order chi connectivity index (χ0) is 15.5. The molecule has 1 N–H and O–H groups in total. The molecule has 0 spiro atoms. The van der Waals surface area contributed by atoms with Crippen molar-refractivity contribution in [3.63, 3.8) is 0 Å². The molecule has 1 aliphatic heterocycles. The fourth-order valence-corrected chi connectivity index (χ4v) is 4.69. The largest absolute Gasteiger partial charge is 0.497 e. The average Bonchev–Trinajstić information content (AvgIpc) is 2.70. The SMILES string of the molecule is COc1cccc(CCC(=O)NC2(C)CCS(=O)(=O)C2)c1. The van der Waals surface area contributed by atoms with Crippen LogP contribution in [0.15, 0.2) is 24.3 Å². The predicted octanol–water partition coefficient (Wildman–Crippen LogP) is 1.32. The third kappa shape index (κ3) is 4.46. The first-order chi connectivity index (χ1) is 9.82. The summed E-state index contributed by atoms with van der Waals surface area (Å²) >= 11 is 0. The van der Waals surface area contributed by atoms with Gasteiger partial charge in [-0.3, -0.25) is 4.79 Å². The minimum Gasteiger partial charge on any atom is -0.497 e. The molecule has 1 fully saturated rings. The van der Waals surface area contributed by atoms with E-state index in [4.69, 9.17) is 4.74 Å². The number of hydrogen-bond donors (Lipinski definition) is 1. The van der Waals surface area contributed by atoms with Gasteiger partial charge in [-0.15, -0.1) is 0 Å². The fourth-order valence-electron chi connectivity index (χ4n) is 2.59. The van der Waals surface area contributed by atoms with Crippen LogP contribution in [-0.2, 0) is 21.1 Å². The number of amides is 1. The molecule has 0 radical (unpaired) electrons. The standard InChI is InChI=1S/C15H21NO4S/c1-15(8-9-21(18,19)11-15)16-14(17)7-6-12-4-3-5-13(10-12)20-2/h3-5,10H,6-9,11H2,1-2H3,(H,16,17). The smallest absolute Gasteiger partial charge is 0.220 e. The molecule has 1 heterocycles. The number of hydrogen-bond acceptors (Lipinski definition) is 4. The van der Waals surface area contributed by atoms with E-state index in [9.17, 15) is 13.2 Å². The Hall–Kier alpha value is -1.56. The van der Waals surface area contributed by atoms with E-state index < -0.39 is 15.4 Å². The molecule has 1 aliphatic rings. The molecule has 21 heavy (non-hydrogen) atoms. The highest BCUT2D eigenvalue weighted by Gasteiger charge is 2.39. The minimum atomic E-state index is -3.01. The predicted molar refractivity (Wildman–Crippen MR) is 81.1 cm³/mol. The molecule has 1 aromatic rings. The van der Waals surface area contributed by atoms with Gasteiger partial charge >= 0.3 is 0 Å². The topological polar surface area (TPSA) is 72.5 Å². The summed E-state index contributed by atoms with van der Waals surface area (Å²) < 4.78 is 28.2. The average molecular weight is 311 g/mol. The van der Waals surface area contributed by atoms with Crippen molar-refractivity contribution >= 4 is 15.7 Å². The van der Waals surface area contributed by atoms with Gasteiger partial charge in [0.25, 0.3) is 0 Å². The number of carbonyl (C=O) groups excluding carboxylic acids is 1. The highest BCUT2D eigenvalue weighted by molar-refractivity contribution is 7.91. The van der Waals surface area contributed by atoms with Gasteiger partial charge in [0.1, 0.15) is 5.75 Å². The number of methoxy groups -OCH3 is 1. The second-order valence-electron chi connectivity index (χ2n) is 5.80. The third-order valence-electron chi connectivity index (χ3n) is 3.72. The van der Waals surface area contributed by atoms with Gasteiger partial charge in [-0.25, -0.2) is 8.42 Å². The van der Waals surface area contributed by atoms with Crippen LogP contribution in [0.25, 0.3) is 0 Å². The van der Waals surface area contributed by atoms with Crippen LogP contribution in [0.1, 0.15) is 25.3 Å². The summed E-state index contributed by atoms with van der Waals surface area (Å²) in [6.07, 6.45) is 1.43. The molecular weight excluding hydrogens is 290 g/mol. The molecule has 1 aromatic carbocycles. The lowest BCUT2D eigenvalue weighted by atomic mass is 10.0. The molecule has 2 rings (SSSR count). The maximum atomic E-state index is 12.0. The minimum absolute atomic E-state index is 0.0326. The van der Waals surface area contributed by atoms with Crippen molar-refractivity contribution in [1.82, 2.24) is 5.32 Å². The zero-order valence-electron chi connectivity index (χ0n) is 12.4. The van der Waals surface area contributed by atoms with Crippen LogP contribution >= 0.6 is 0 Å². The van der Waals surface area contributed by atoms with E-state index in [1.54, 1.807) is 14.0 Å². The normalized spacial score (nSPS) is 23.7. The van der Waals surface area contributed by atoms with Crippen molar-refractivity contribution < 1.29 is 17.9 Å². The first kappa shape index (κ1) is 15.8. The van der Waals surface area contributed by atoms with Crippen LogP contribution in [0.2, 0.25) is 0 Å². The number of benzene rings is 1. The summed E-state index contributed by atoms with van der Waals surface area (Å²) in [4.78, 5) is 12.0. The Morgan fingerprint density at radius 3 is 2.81 bits per heavy atom. The first-order valence-corrected chi connectivity index (χ1v) is 8.78. The first-order valence-electron chi connectivity index (χ1n) is 6.96. The molecule has 5 nitrogen and oxygen atoms in total. The van der Waals surface area contributed by atoms with Crippen molar-refractivity contribution in [3.05, 3.63) is 29.8 Å². The van der Waals surface area contributed by atoms with E-state index in [1.165, 1.54) is 0 Å². The molecule has 1 unspecified atom stereocenters. The van der Waals surface area contributed by atoms with E-state index >= 15 is 0 Å². The Bertz CT molecular complexity index is 626. The lowest BCUT2D eigenvalue weighted by Gasteiger charge is -2.23. The van der Waals surface area contributed by atoms with Crippen molar-refractivity contribution in [1.29, 1.82) is 0 Å². The van der Waals surface area contributed by atoms with Gasteiger partial charge in [-0.2, -0.15) is 0 Å². The van der Waals surface area contributed by atoms with Crippen LogP contribution in [0.4, 0.5) is 0 Å². The summed E-state index contributed by atoms with van der Waals surface area (Å²) in [5, 5.41) is 2.86. The number of nitrogens with one attached hydrogen (secondary N) is 1. The Morgan fingerprint density at radius 2 is 2.19 bits per heavy atom. The van der Waals surface area contributed by atoms with Crippen molar-refractivity contribution in [2.75, 3.05) is 18.6 Å². The Morgan fingerprint density at radius 1 is 1.43 bits per heavy atom. The second-order valence-corrected chi connectivity index (χ2v) is 7.99. The van der Waals surface area contributed by atoms with Crippen LogP contribution in [0.5, 0.6) is 5.75 Å². The van der Waals surface area contributed by atoms with Gasteiger partial charge in [0, 0.05) is 6.42 Å². The summed E-state index contributed by atoms with van der Waals surface area (Å²) in [6.45, 7) is 1.79. The van der Waals surface area contributed by atoms with Gasteiger partial charge in [0.2, 0.25) is 5.91 Å². The quantitative estimate of drug-likeness (QED) is 0.890. The Kier molecular flexibility index (Phi) is 4.56. The fraction of sp³-hybridized carbons (Fsp3) is 0.533. The zero-order valence-corrected chi connectivity index (χ0v) is 13.2. The molecule has 6 heteroatoms.